The lowest BCUT2D eigenvalue weighted by atomic mass is 10.2. The van der Waals surface area contributed by atoms with Crippen molar-refractivity contribution in [2.45, 2.75) is 13.5 Å². The highest BCUT2D eigenvalue weighted by atomic mass is 79.9. The van der Waals surface area contributed by atoms with E-state index in [0.717, 1.165) is 33.3 Å². The van der Waals surface area contributed by atoms with E-state index in [9.17, 15) is 0 Å². The van der Waals surface area contributed by atoms with Crippen LogP contribution in [0.4, 0.5) is 0 Å². The zero-order valence-corrected chi connectivity index (χ0v) is 11.4. The second-order valence-electron chi connectivity index (χ2n) is 2.86. The number of hydrogen-bond donors (Lipinski definition) is 1. The summed E-state index contributed by atoms with van der Waals surface area (Å²) in [5.74, 6) is 0.897. The topological polar surface area (TPSA) is 21.3 Å². The van der Waals surface area contributed by atoms with E-state index in [4.69, 9.17) is 4.74 Å². The standard InChI is InChI=1S/C10H13Br2NO/c1-3-13-6-7-4-8(11)5-9(12)10(7)14-2/h4-5,13H,3,6H2,1-2H3. The van der Waals surface area contributed by atoms with Crippen LogP contribution >= 0.6 is 31.9 Å². The zero-order valence-electron chi connectivity index (χ0n) is 8.23. The van der Waals surface area contributed by atoms with Crippen LogP contribution in [0.2, 0.25) is 0 Å². The van der Waals surface area contributed by atoms with Crippen molar-refractivity contribution in [2.75, 3.05) is 13.7 Å². The van der Waals surface area contributed by atoms with Gasteiger partial charge in [0.1, 0.15) is 5.75 Å². The molecule has 2 nitrogen and oxygen atoms in total. The average molecular weight is 323 g/mol. The highest BCUT2D eigenvalue weighted by Gasteiger charge is 2.08. The Morgan fingerprint density at radius 3 is 2.64 bits per heavy atom. The van der Waals surface area contributed by atoms with Gasteiger partial charge in [-0.3, -0.25) is 0 Å². The molecule has 0 saturated heterocycles. The monoisotopic (exact) mass is 321 g/mol. The SMILES string of the molecule is CCNCc1cc(Br)cc(Br)c1OC. The molecule has 4 heteroatoms. The average Bonchev–Trinajstić information content (AvgIpc) is 2.14. The third-order valence-corrected chi connectivity index (χ3v) is 2.90. The summed E-state index contributed by atoms with van der Waals surface area (Å²) in [7, 11) is 1.68. The number of rotatable bonds is 4. The summed E-state index contributed by atoms with van der Waals surface area (Å²) in [6.45, 7) is 3.85. The van der Waals surface area contributed by atoms with Crippen LogP contribution in [-0.2, 0) is 6.54 Å². The summed E-state index contributed by atoms with van der Waals surface area (Å²) < 4.78 is 7.35. The Morgan fingerprint density at radius 1 is 1.36 bits per heavy atom. The molecule has 78 valence electrons. The van der Waals surface area contributed by atoms with Crippen LogP contribution < -0.4 is 10.1 Å². The van der Waals surface area contributed by atoms with Crippen LogP contribution in [-0.4, -0.2) is 13.7 Å². The highest BCUT2D eigenvalue weighted by molar-refractivity contribution is 9.11. The Hall–Kier alpha value is -0.0600. The molecule has 0 aromatic heterocycles. The zero-order chi connectivity index (χ0) is 10.6. The van der Waals surface area contributed by atoms with Crippen LogP contribution in [0.3, 0.4) is 0 Å². The summed E-state index contributed by atoms with van der Waals surface area (Å²) in [6, 6.07) is 4.04. The maximum Gasteiger partial charge on any atom is 0.137 e. The summed E-state index contributed by atoms with van der Waals surface area (Å²) in [4.78, 5) is 0. The molecule has 0 atom stereocenters. The molecule has 0 aliphatic rings. The van der Waals surface area contributed by atoms with Gasteiger partial charge in [0.2, 0.25) is 0 Å². The van der Waals surface area contributed by atoms with Crippen LogP contribution in [0.15, 0.2) is 21.1 Å². The first-order valence-corrected chi connectivity index (χ1v) is 6.00. The largest absolute Gasteiger partial charge is 0.495 e. The fraction of sp³-hybridized carbons (Fsp3) is 0.400. The first-order valence-electron chi connectivity index (χ1n) is 4.41. The normalized spacial score (nSPS) is 10.3. The van der Waals surface area contributed by atoms with E-state index >= 15 is 0 Å². The molecule has 0 bridgehead atoms. The van der Waals surface area contributed by atoms with Gasteiger partial charge in [0.05, 0.1) is 11.6 Å². The quantitative estimate of drug-likeness (QED) is 0.918. The maximum absolute atomic E-state index is 5.32. The Bertz CT molecular complexity index is 315. The van der Waals surface area contributed by atoms with Gasteiger partial charge in [0, 0.05) is 16.6 Å². The lowest BCUT2D eigenvalue weighted by Crippen LogP contribution is -2.12. The molecule has 1 N–H and O–H groups in total. The molecule has 1 aromatic carbocycles. The lowest BCUT2D eigenvalue weighted by molar-refractivity contribution is 0.405. The minimum atomic E-state index is 0.817. The van der Waals surface area contributed by atoms with Gasteiger partial charge in [-0.2, -0.15) is 0 Å². The summed E-state index contributed by atoms with van der Waals surface area (Å²) >= 11 is 6.92. The Balaban J connectivity index is 2.99. The molecule has 1 rings (SSSR count). The Kier molecular flexibility index (Phi) is 4.92. The van der Waals surface area contributed by atoms with E-state index < -0.39 is 0 Å². The Labute approximate surface area is 101 Å². The molecular formula is C10H13Br2NO. The van der Waals surface area contributed by atoms with E-state index in [0.29, 0.717) is 0 Å². The molecule has 0 fully saturated rings. The van der Waals surface area contributed by atoms with E-state index in [1.165, 1.54) is 0 Å². The van der Waals surface area contributed by atoms with Crippen LogP contribution in [0.25, 0.3) is 0 Å². The van der Waals surface area contributed by atoms with E-state index in [1.54, 1.807) is 7.11 Å². The lowest BCUT2D eigenvalue weighted by Gasteiger charge is -2.11. The van der Waals surface area contributed by atoms with Crippen LogP contribution in [0, 0.1) is 0 Å². The Morgan fingerprint density at radius 2 is 2.07 bits per heavy atom. The number of ether oxygens (including phenoxy) is 1. The molecular weight excluding hydrogens is 310 g/mol. The first-order chi connectivity index (χ1) is 6.69. The summed E-state index contributed by atoms with van der Waals surface area (Å²) in [5, 5.41) is 3.27. The molecule has 0 amide bonds. The molecule has 0 heterocycles. The smallest absolute Gasteiger partial charge is 0.137 e. The van der Waals surface area contributed by atoms with Gasteiger partial charge in [-0.15, -0.1) is 0 Å². The van der Waals surface area contributed by atoms with Gasteiger partial charge in [-0.05, 0) is 34.6 Å². The molecule has 0 aliphatic carbocycles. The van der Waals surface area contributed by atoms with Gasteiger partial charge < -0.3 is 10.1 Å². The predicted octanol–water partition coefficient (Wildman–Crippen LogP) is 3.33. The fourth-order valence-electron chi connectivity index (χ4n) is 1.23. The van der Waals surface area contributed by atoms with Crippen LogP contribution in [0.5, 0.6) is 5.75 Å². The van der Waals surface area contributed by atoms with E-state index in [-0.39, 0.29) is 0 Å². The first kappa shape index (κ1) is 12.0. The van der Waals surface area contributed by atoms with Crippen molar-refractivity contribution in [3.05, 3.63) is 26.6 Å². The number of methoxy groups -OCH3 is 1. The van der Waals surface area contributed by atoms with Crippen molar-refractivity contribution in [3.8, 4) is 5.75 Å². The van der Waals surface area contributed by atoms with Gasteiger partial charge in [0.25, 0.3) is 0 Å². The van der Waals surface area contributed by atoms with E-state index in [2.05, 4.69) is 50.2 Å². The molecule has 0 radical (unpaired) electrons. The van der Waals surface area contributed by atoms with Crippen molar-refractivity contribution in [2.24, 2.45) is 0 Å². The third kappa shape index (κ3) is 2.97. The van der Waals surface area contributed by atoms with Gasteiger partial charge in [-0.1, -0.05) is 22.9 Å². The van der Waals surface area contributed by atoms with Gasteiger partial charge in [0.15, 0.2) is 0 Å². The molecule has 0 aliphatic heterocycles. The summed E-state index contributed by atoms with van der Waals surface area (Å²) in [5.41, 5.74) is 1.15. The second-order valence-corrected chi connectivity index (χ2v) is 4.63. The third-order valence-electron chi connectivity index (χ3n) is 1.85. The maximum atomic E-state index is 5.32. The molecule has 14 heavy (non-hydrogen) atoms. The number of benzene rings is 1. The van der Waals surface area contributed by atoms with Crippen molar-refractivity contribution >= 4 is 31.9 Å². The fourth-order valence-corrected chi connectivity index (χ4v) is 2.71. The van der Waals surface area contributed by atoms with Gasteiger partial charge in [-0.25, -0.2) is 0 Å². The van der Waals surface area contributed by atoms with E-state index in [1.807, 2.05) is 6.07 Å². The number of nitrogens with one attached hydrogen (secondary N) is 1. The van der Waals surface area contributed by atoms with Crippen LogP contribution in [0.1, 0.15) is 12.5 Å². The minimum Gasteiger partial charge on any atom is -0.495 e. The second kappa shape index (κ2) is 5.73. The highest BCUT2D eigenvalue weighted by Crippen LogP contribution is 2.32. The van der Waals surface area contributed by atoms with Crippen molar-refractivity contribution in [1.29, 1.82) is 0 Å². The molecule has 0 unspecified atom stereocenters. The summed E-state index contributed by atoms with van der Waals surface area (Å²) in [6.07, 6.45) is 0. The molecule has 0 saturated carbocycles. The van der Waals surface area contributed by atoms with Crippen molar-refractivity contribution in [1.82, 2.24) is 5.32 Å². The van der Waals surface area contributed by atoms with Crippen molar-refractivity contribution in [3.63, 3.8) is 0 Å². The van der Waals surface area contributed by atoms with Gasteiger partial charge >= 0.3 is 0 Å². The van der Waals surface area contributed by atoms with Crippen molar-refractivity contribution < 1.29 is 4.74 Å². The minimum absolute atomic E-state index is 0.817. The molecule has 1 aromatic rings. The number of halogens is 2. The number of hydrogen-bond acceptors (Lipinski definition) is 2. The predicted molar refractivity (Wildman–Crippen MR) is 65.8 cm³/mol. The molecule has 0 spiro atoms.